The lowest BCUT2D eigenvalue weighted by molar-refractivity contribution is 0.0819. The average molecular weight is 341 g/mol. The number of urea groups is 1. The predicted octanol–water partition coefficient (Wildman–Crippen LogP) is 3.30. The Labute approximate surface area is 147 Å². The van der Waals surface area contributed by atoms with Crippen LogP contribution in [0, 0.1) is 0 Å². The molecule has 1 saturated heterocycles. The third kappa shape index (κ3) is 4.93. The van der Waals surface area contributed by atoms with Gasteiger partial charge in [-0.25, -0.2) is 9.78 Å². The lowest BCUT2D eigenvalue weighted by Gasteiger charge is -2.26. The van der Waals surface area contributed by atoms with E-state index in [1.165, 1.54) is 0 Å². The monoisotopic (exact) mass is 341 g/mol. The van der Waals surface area contributed by atoms with Crippen molar-refractivity contribution in [1.82, 2.24) is 9.88 Å². The Balaban J connectivity index is 1.72. The minimum Gasteiger partial charge on any atom is -0.497 e. The van der Waals surface area contributed by atoms with Gasteiger partial charge >= 0.3 is 6.03 Å². The van der Waals surface area contributed by atoms with E-state index < -0.39 is 0 Å². The summed E-state index contributed by atoms with van der Waals surface area (Å²) in [4.78, 5) is 18.7. The van der Waals surface area contributed by atoms with E-state index in [2.05, 4.69) is 10.3 Å². The van der Waals surface area contributed by atoms with E-state index in [0.717, 1.165) is 30.8 Å². The molecule has 6 nitrogen and oxygen atoms in total. The zero-order valence-corrected chi connectivity index (χ0v) is 14.4. The van der Waals surface area contributed by atoms with Crippen molar-refractivity contribution < 1.29 is 14.3 Å². The molecule has 1 fully saturated rings. The van der Waals surface area contributed by atoms with Gasteiger partial charge in [-0.15, -0.1) is 0 Å². The molecule has 2 amide bonds. The summed E-state index contributed by atoms with van der Waals surface area (Å²) in [6, 6.07) is 13.0. The Morgan fingerprint density at radius 3 is 3.00 bits per heavy atom. The molecule has 1 atom stereocenters. The van der Waals surface area contributed by atoms with Gasteiger partial charge in [-0.05, 0) is 42.7 Å². The van der Waals surface area contributed by atoms with Crippen LogP contribution in [-0.2, 0) is 11.3 Å². The minimum absolute atomic E-state index is 0.0834. The fourth-order valence-electron chi connectivity index (χ4n) is 2.87. The van der Waals surface area contributed by atoms with E-state index >= 15 is 0 Å². The molecule has 2 aromatic rings. The van der Waals surface area contributed by atoms with Gasteiger partial charge in [-0.3, -0.25) is 5.32 Å². The molecule has 0 bridgehead atoms. The maximum atomic E-state index is 12.7. The van der Waals surface area contributed by atoms with Gasteiger partial charge in [0.1, 0.15) is 11.6 Å². The van der Waals surface area contributed by atoms with E-state index in [1.807, 2.05) is 36.4 Å². The highest BCUT2D eigenvalue weighted by Gasteiger charge is 2.23. The van der Waals surface area contributed by atoms with Gasteiger partial charge < -0.3 is 14.4 Å². The highest BCUT2D eigenvalue weighted by molar-refractivity contribution is 5.88. The van der Waals surface area contributed by atoms with Crippen LogP contribution in [0.4, 0.5) is 10.6 Å². The molecule has 1 N–H and O–H groups in total. The third-order valence-electron chi connectivity index (χ3n) is 4.14. The van der Waals surface area contributed by atoms with Crippen LogP contribution in [-0.4, -0.2) is 42.3 Å². The third-order valence-corrected chi connectivity index (χ3v) is 4.14. The van der Waals surface area contributed by atoms with Crippen molar-refractivity contribution in [1.29, 1.82) is 0 Å². The standard InChI is InChI=1S/C19H23N3O3/c1-24-16-7-4-6-15(12-16)13-22(14-17-8-5-11-25-17)19(23)21-18-9-2-3-10-20-18/h2-4,6-7,9-10,12,17H,5,8,11,13-14H2,1H3,(H,20,21,23)/t17-/m0/s1. The first-order valence-corrected chi connectivity index (χ1v) is 8.46. The van der Waals surface area contributed by atoms with Crippen molar-refractivity contribution in [3.8, 4) is 5.75 Å². The number of aromatic nitrogens is 1. The maximum Gasteiger partial charge on any atom is 0.323 e. The van der Waals surface area contributed by atoms with Crippen molar-refractivity contribution in [3.63, 3.8) is 0 Å². The number of carbonyl (C=O) groups is 1. The molecule has 0 spiro atoms. The summed E-state index contributed by atoms with van der Waals surface area (Å²) in [5.74, 6) is 1.31. The smallest absolute Gasteiger partial charge is 0.323 e. The number of nitrogens with zero attached hydrogens (tertiary/aromatic N) is 2. The van der Waals surface area contributed by atoms with Crippen molar-refractivity contribution in [2.45, 2.75) is 25.5 Å². The molecule has 1 aromatic heterocycles. The summed E-state index contributed by atoms with van der Waals surface area (Å²) in [7, 11) is 1.64. The Morgan fingerprint density at radius 1 is 1.36 bits per heavy atom. The first-order chi connectivity index (χ1) is 12.2. The fourth-order valence-corrected chi connectivity index (χ4v) is 2.87. The fraction of sp³-hybridized carbons (Fsp3) is 0.368. The van der Waals surface area contributed by atoms with Gasteiger partial charge in [0.15, 0.2) is 0 Å². The molecule has 132 valence electrons. The second-order valence-electron chi connectivity index (χ2n) is 6.01. The van der Waals surface area contributed by atoms with Crippen LogP contribution in [0.2, 0.25) is 0 Å². The van der Waals surface area contributed by atoms with Crippen LogP contribution in [0.3, 0.4) is 0 Å². The van der Waals surface area contributed by atoms with E-state index in [0.29, 0.717) is 18.9 Å². The maximum absolute atomic E-state index is 12.7. The van der Waals surface area contributed by atoms with Crippen molar-refractivity contribution in [3.05, 3.63) is 54.2 Å². The first kappa shape index (κ1) is 17.2. The van der Waals surface area contributed by atoms with Crippen molar-refractivity contribution in [2.24, 2.45) is 0 Å². The van der Waals surface area contributed by atoms with Crippen LogP contribution < -0.4 is 10.1 Å². The van der Waals surface area contributed by atoms with Gasteiger partial charge in [-0.2, -0.15) is 0 Å². The van der Waals surface area contributed by atoms with E-state index in [9.17, 15) is 4.79 Å². The zero-order chi connectivity index (χ0) is 17.5. The van der Waals surface area contributed by atoms with Gasteiger partial charge in [0.2, 0.25) is 0 Å². The zero-order valence-electron chi connectivity index (χ0n) is 14.4. The van der Waals surface area contributed by atoms with Crippen LogP contribution >= 0.6 is 0 Å². The van der Waals surface area contributed by atoms with Crippen LogP contribution in [0.25, 0.3) is 0 Å². The Bertz CT molecular complexity index is 687. The molecular formula is C19H23N3O3. The van der Waals surface area contributed by atoms with Gasteiger partial charge in [-0.1, -0.05) is 18.2 Å². The molecule has 6 heteroatoms. The number of hydrogen-bond donors (Lipinski definition) is 1. The van der Waals surface area contributed by atoms with E-state index in [-0.39, 0.29) is 12.1 Å². The number of nitrogens with one attached hydrogen (secondary N) is 1. The summed E-state index contributed by atoms with van der Waals surface area (Å²) >= 11 is 0. The Morgan fingerprint density at radius 2 is 2.28 bits per heavy atom. The Hall–Kier alpha value is -2.60. The summed E-state index contributed by atoms with van der Waals surface area (Å²) in [6.07, 6.45) is 3.76. The summed E-state index contributed by atoms with van der Waals surface area (Å²) in [5, 5.41) is 2.85. The number of anilines is 1. The van der Waals surface area contributed by atoms with Crippen molar-refractivity contribution >= 4 is 11.8 Å². The molecular weight excluding hydrogens is 318 g/mol. The van der Waals surface area contributed by atoms with Gasteiger partial charge in [0.05, 0.1) is 13.2 Å². The van der Waals surface area contributed by atoms with Gasteiger partial charge in [0, 0.05) is 25.9 Å². The number of amides is 2. The number of pyridine rings is 1. The highest BCUT2D eigenvalue weighted by atomic mass is 16.5. The largest absolute Gasteiger partial charge is 0.497 e. The molecule has 1 aromatic carbocycles. The van der Waals surface area contributed by atoms with E-state index in [1.54, 1.807) is 24.3 Å². The first-order valence-electron chi connectivity index (χ1n) is 8.46. The highest BCUT2D eigenvalue weighted by Crippen LogP contribution is 2.18. The molecule has 2 heterocycles. The molecule has 1 aliphatic heterocycles. The normalized spacial score (nSPS) is 16.4. The summed E-state index contributed by atoms with van der Waals surface area (Å²) < 4.78 is 11.0. The predicted molar refractivity (Wildman–Crippen MR) is 95.6 cm³/mol. The van der Waals surface area contributed by atoms with E-state index in [4.69, 9.17) is 9.47 Å². The molecule has 0 unspecified atom stereocenters. The second-order valence-corrected chi connectivity index (χ2v) is 6.01. The average Bonchev–Trinajstić information content (AvgIpc) is 3.15. The lowest BCUT2D eigenvalue weighted by atomic mass is 10.2. The number of ether oxygens (including phenoxy) is 2. The number of carbonyl (C=O) groups excluding carboxylic acids is 1. The number of benzene rings is 1. The quantitative estimate of drug-likeness (QED) is 0.875. The van der Waals surface area contributed by atoms with Crippen LogP contribution in [0.1, 0.15) is 18.4 Å². The number of hydrogen-bond acceptors (Lipinski definition) is 4. The topological polar surface area (TPSA) is 63.7 Å². The minimum atomic E-state index is -0.183. The van der Waals surface area contributed by atoms with Gasteiger partial charge in [0.25, 0.3) is 0 Å². The number of rotatable bonds is 6. The molecule has 3 rings (SSSR count). The summed E-state index contributed by atoms with van der Waals surface area (Å²) in [5.41, 5.74) is 1.01. The molecule has 0 radical (unpaired) electrons. The lowest BCUT2D eigenvalue weighted by Crippen LogP contribution is -2.39. The molecule has 0 aliphatic carbocycles. The second kappa shape index (κ2) is 8.48. The molecule has 0 saturated carbocycles. The SMILES string of the molecule is COc1cccc(CN(C[C@@H]2CCCO2)C(=O)Nc2ccccn2)c1. The summed E-state index contributed by atoms with van der Waals surface area (Å²) in [6.45, 7) is 1.80. The Kier molecular flexibility index (Phi) is 5.85. The van der Waals surface area contributed by atoms with Crippen LogP contribution in [0.5, 0.6) is 5.75 Å². The molecule has 25 heavy (non-hydrogen) atoms. The molecule has 1 aliphatic rings. The van der Waals surface area contributed by atoms with Crippen molar-refractivity contribution in [2.75, 3.05) is 25.6 Å². The van der Waals surface area contributed by atoms with Crippen LogP contribution in [0.15, 0.2) is 48.7 Å². The number of methoxy groups -OCH3 is 1.